The van der Waals surface area contributed by atoms with Gasteiger partial charge in [-0.15, -0.1) is 11.3 Å². The Labute approximate surface area is 155 Å². The van der Waals surface area contributed by atoms with Crippen molar-refractivity contribution < 1.29 is 19.1 Å². The number of imide groups is 1. The molecule has 1 aliphatic heterocycles. The number of ether oxygens (including phenoxy) is 1. The van der Waals surface area contributed by atoms with Crippen LogP contribution in [0.3, 0.4) is 0 Å². The summed E-state index contributed by atoms with van der Waals surface area (Å²) in [6.07, 6.45) is 0.342. The predicted molar refractivity (Wildman–Crippen MR) is 98.0 cm³/mol. The molecule has 0 saturated carbocycles. The van der Waals surface area contributed by atoms with E-state index in [2.05, 4.69) is 10.3 Å². The van der Waals surface area contributed by atoms with Crippen LogP contribution in [0.25, 0.3) is 11.3 Å². The van der Waals surface area contributed by atoms with E-state index in [1.807, 2.05) is 38.1 Å². The molecule has 7 nitrogen and oxygen atoms in total. The minimum Gasteiger partial charge on any atom is -0.494 e. The normalized spacial score (nSPS) is 14.0. The number of likely N-dealkylation sites (tertiary alicyclic amines) is 1. The van der Waals surface area contributed by atoms with E-state index in [4.69, 9.17) is 4.74 Å². The Morgan fingerprint density at radius 3 is 2.50 bits per heavy atom. The van der Waals surface area contributed by atoms with E-state index in [1.165, 1.54) is 11.3 Å². The monoisotopic (exact) mass is 373 g/mol. The highest BCUT2D eigenvalue weighted by atomic mass is 32.1. The Morgan fingerprint density at radius 2 is 1.88 bits per heavy atom. The number of rotatable bonds is 6. The number of aryl methyl sites for hydroxylation is 1. The summed E-state index contributed by atoms with van der Waals surface area (Å²) in [4.78, 5) is 41.7. The highest BCUT2D eigenvalue weighted by Crippen LogP contribution is 2.31. The van der Waals surface area contributed by atoms with Gasteiger partial charge in [0.25, 0.3) is 0 Å². The Morgan fingerprint density at radius 1 is 1.23 bits per heavy atom. The second kappa shape index (κ2) is 7.65. The third-order valence-electron chi connectivity index (χ3n) is 3.94. The predicted octanol–water partition coefficient (Wildman–Crippen LogP) is 2.60. The van der Waals surface area contributed by atoms with Crippen LogP contribution in [0.4, 0.5) is 5.13 Å². The molecular weight excluding hydrogens is 354 g/mol. The van der Waals surface area contributed by atoms with Gasteiger partial charge in [0, 0.05) is 23.3 Å². The number of hydrogen-bond donors (Lipinski definition) is 1. The molecule has 136 valence electrons. The van der Waals surface area contributed by atoms with Gasteiger partial charge in [0.15, 0.2) is 5.13 Å². The van der Waals surface area contributed by atoms with Gasteiger partial charge >= 0.3 is 0 Å². The van der Waals surface area contributed by atoms with E-state index in [1.54, 1.807) is 0 Å². The zero-order valence-corrected chi connectivity index (χ0v) is 15.4. The Bertz CT molecular complexity index is 829. The summed E-state index contributed by atoms with van der Waals surface area (Å²) in [5.74, 6) is -0.260. The molecule has 1 aromatic heterocycles. The standard InChI is InChI=1S/C18H19N3O4S/c1-3-25-13-6-4-12(5-7-13)17-11(2)26-18(20-17)19-14(22)10-21-15(23)8-9-16(21)24/h4-7H,3,8-10H2,1-2H3,(H,19,20,22). The number of thiazole rings is 1. The van der Waals surface area contributed by atoms with E-state index >= 15 is 0 Å². The van der Waals surface area contributed by atoms with Gasteiger partial charge in [0.1, 0.15) is 12.3 Å². The fraction of sp³-hybridized carbons (Fsp3) is 0.333. The average Bonchev–Trinajstić information content (AvgIpc) is 3.12. The van der Waals surface area contributed by atoms with Crippen molar-refractivity contribution in [2.75, 3.05) is 18.5 Å². The molecule has 1 saturated heterocycles. The molecular formula is C18H19N3O4S. The lowest BCUT2D eigenvalue weighted by atomic mass is 10.1. The maximum absolute atomic E-state index is 12.1. The van der Waals surface area contributed by atoms with Gasteiger partial charge in [-0.05, 0) is 38.1 Å². The molecule has 26 heavy (non-hydrogen) atoms. The van der Waals surface area contributed by atoms with E-state index in [0.29, 0.717) is 11.7 Å². The third kappa shape index (κ3) is 3.91. The molecule has 0 bridgehead atoms. The molecule has 8 heteroatoms. The molecule has 0 spiro atoms. The summed E-state index contributed by atoms with van der Waals surface area (Å²) < 4.78 is 5.43. The van der Waals surface area contributed by atoms with Crippen molar-refractivity contribution in [3.63, 3.8) is 0 Å². The summed E-state index contributed by atoms with van der Waals surface area (Å²) in [7, 11) is 0. The molecule has 3 rings (SSSR count). The minimum absolute atomic E-state index is 0.171. The quantitative estimate of drug-likeness (QED) is 0.786. The molecule has 0 atom stereocenters. The maximum atomic E-state index is 12.1. The molecule has 2 heterocycles. The first-order chi connectivity index (χ1) is 12.5. The van der Waals surface area contributed by atoms with Crippen molar-refractivity contribution in [3.05, 3.63) is 29.1 Å². The Balaban J connectivity index is 1.68. The lowest BCUT2D eigenvalue weighted by Gasteiger charge is -2.12. The van der Waals surface area contributed by atoms with Gasteiger partial charge in [-0.1, -0.05) is 0 Å². The molecule has 1 fully saturated rings. The second-order valence-electron chi connectivity index (χ2n) is 5.80. The molecule has 2 aromatic rings. The van der Waals surface area contributed by atoms with Crippen LogP contribution in [0.15, 0.2) is 24.3 Å². The number of aromatic nitrogens is 1. The van der Waals surface area contributed by atoms with Crippen LogP contribution >= 0.6 is 11.3 Å². The fourth-order valence-corrected chi connectivity index (χ4v) is 3.55. The number of benzene rings is 1. The number of nitrogens with zero attached hydrogens (tertiary/aromatic N) is 2. The van der Waals surface area contributed by atoms with Gasteiger partial charge in [0.2, 0.25) is 17.7 Å². The third-order valence-corrected chi connectivity index (χ3v) is 4.82. The summed E-state index contributed by atoms with van der Waals surface area (Å²) in [6, 6.07) is 7.58. The average molecular weight is 373 g/mol. The SMILES string of the molecule is CCOc1ccc(-c2nc(NC(=O)CN3C(=O)CCC3=O)sc2C)cc1. The molecule has 1 aromatic carbocycles. The number of hydrogen-bond acceptors (Lipinski definition) is 6. The van der Waals surface area contributed by atoms with Crippen LogP contribution in [-0.2, 0) is 14.4 Å². The molecule has 0 radical (unpaired) electrons. The Hall–Kier alpha value is -2.74. The topological polar surface area (TPSA) is 88.6 Å². The van der Waals surface area contributed by atoms with Crippen molar-refractivity contribution in [3.8, 4) is 17.0 Å². The highest BCUT2D eigenvalue weighted by molar-refractivity contribution is 7.16. The van der Waals surface area contributed by atoms with Gasteiger partial charge < -0.3 is 10.1 Å². The molecule has 0 unspecified atom stereocenters. The number of carbonyl (C=O) groups is 3. The minimum atomic E-state index is -0.430. The Kier molecular flexibility index (Phi) is 5.32. The van der Waals surface area contributed by atoms with E-state index in [9.17, 15) is 14.4 Å². The fourth-order valence-electron chi connectivity index (χ4n) is 2.70. The zero-order valence-electron chi connectivity index (χ0n) is 14.6. The first-order valence-corrected chi connectivity index (χ1v) is 9.13. The van der Waals surface area contributed by atoms with Crippen LogP contribution in [-0.4, -0.2) is 40.8 Å². The largest absolute Gasteiger partial charge is 0.494 e. The first-order valence-electron chi connectivity index (χ1n) is 8.31. The van der Waals surface area contributed by atoms with Crippen molar-refractivity contribution >= 4 is 34.2 Å². The number of nitrogens with one attached hydrogen (secondary N) is 1. The van der Waals surface area contributed by atoms with Crippen LogP contribution < -0.4 is 10.1 Å². The van der Waals surface area contributed by atoms with Gasteiger partial charge in [-0.3, -0.25) is 19.3 Å². The van der Waals surface area contributed by atoms with Crippen LogP contribution in [0.5, 0.6) is 5.75 Å². The maximum Gasteiger partial charge on any atom is 0.246 e. The van der Waals surface area contributed by atoms with Gasteiger partial charge in [-0.25, -0.2) is 4.98 Å². The van der Waals surface area contributed by atoms with E-state index < -0.39 is 5.91 Å². The summed E-state index contributed by atoms with van der Waals surface area (Å²) in [5.41, 5.74) is 1.70. The zero-order chi connectivity index (χ0) is 18.7. The molecule has 3 amide bonds. The highest BCUT2D eigenvalue weighted by Gasteiger charge is 2.30. The smallest absolute Gasteiger partial charge is 0.246 e. The lowest BCUT2D eigenvalue weighted by molar-refractivity contribution is -0.141. The summed E-state index contributed by atoms with van der Waals surface area (Å²) in [5, 5.41) is 3.11. The van der Waals surface area contributed by atoms with Crippen LogP contribution in [0.2, 0.25) is 0 Å². The molecule has 1 aliphatic rings. The molecule has 0 aliphatic carbocycles. The summed E-state index contributed by atoms with van der Waals surface area (Å²) >= 11 is 1.35. The lowest BCUT2D eigenvalue weighted by Crippen LogP contribution is -2.36. The molecule has 1 N–H and O–H groups in total. The number of anilines is 1. The summed E-state index contributed by atoms with van der Waals surface area (Å²) in [6.45, 7) is 4.19. The van der Waals surface area contributed by atoms with E-state index in [0.717, 1.165) is 26.8 Å². The number of carbonyl (C=O) groups excluding carboxylic acids is 3. The van der Waals surface area contributed by atoms with Gasteiger partial charge in [-0.2, -0.15) is 0 Å². The van der Waals surface area contributed by atoms with Gasteiger partial charge in [0.05, 0.1) is 12.3 Å². The van der Waals surface area contributed by atoms with Crippen molar-refractivity contribution in [2.45, 2.75) is 26.7 Å². The van der Waals surface area contributed by atoms with Crippen LogP contribution in [0, 0.1) is 6.92 Å². The second-order valence-corrected chi connectivity index (χ2v) is 7.01. The van der Waals surface area contributed by atoms with Crippen LogP contribution in [0.1, 0.15) is 24.6 Å². The van der Waals surface area contributed by atoms with Crippen molar-refractivity contribution in [2.24, 2.45) is 0 Å². The van der Waals surface area contributed by atoms with Crippen molar-refractivity contribution in [1.29, 1.82) is 0 Å². The number of amides is 3. The van der Waals surface area contributed by atoms with Crippen molar-refractivity contribution in [1.82, 2.24) is 9.88 Å². The first kappa shape index (κ1) is 18.1. The van der Waals surface area contributed by atoms with E-state index in [-0.39, 0.29) is 31.2 Å².